The number of nitro benzene ring substituents is 2. The fourth-order valence-electron chi connectivity index (χ4n) is 3.19. The Morgan fingerprint density at radius 2 is 1.77 bits per heavy atom. The number of nitro groups is 2. The second-order valence-corrected chi connectivity index (χ2v) is 6.70. The molecule has 1 aliphatic heterocycles. The molecular weight excluding hydrogens is 415 g/mol. The number of esters is 1. The van der Waals surface area contributed by atoms with Gasteiger partial charge >= 0.3 is 5.97 Å². The molecule has 0 atom stereocenters. The van der Waals surface area contributed by atoms with E-state index >= 15 is 0 Å². The summed E-state index contributed by atoms with van der Waals surface area (Å²) in [6, 6.07) is 6.41. The molecule has 2 aromatic rings. The fourth-order valence-corrected chi connectivity index (χ4v) is 3.19. The Bertz CT molecular complexity index is 1050. The lowest BCUT2D eigenvalue weighted by Gasteiger charge is -2.20. The van der Waals surface area contributed by atoms with Crippen molar-refractivity contribution in [2.24, 2.45) is 0 Å². The summed E-state index contributed by atoms with van der Waals surface area (Å²) in [5.74, 6) is -2.69. The zero-order valence-corrected chi connectivity index (χ0v) is 16.1. The molecule has 2 aromatic carbocycles. The molecule has 0 saturated carbocycles. The van der Waals surface area contributed by atoms with Crippen LogP contribution in [0.25, 0.3) is 0 Å². The molecule has 0 aromatic heterocycles. The second kappa shape index (κ2) is 9.15. The van der Waals surface area contributed by atoms with Crippen LogP contribution in [0, 0.1) is 26.0 Å². The van der Waals surface area contributed by atoms with Crippen molar-refractivity contribution < 1.29 is 28.6 Å². The van der Waals surface area contributed by atoms with Crippen LogP contribution in [0.3, 0.4) is 0 Å². The van der Waals surface area contributed by atoms with Gasteiger partial charge in [-0.15, -0.1) is 0 Å². The molecule has 0 bridgehead atoms. The van der Waals surface area contributed by atoms with Gasteiger partial charge in [-0.05, 0) is 31.0 Å². The number of hydrogen-bond donors (Lipinski definition) is 1. The highest BCUT2D eigenvalue weighted by Gasteiger charge is 2.24. The third-order valence-corrected chi connectivity index (χ3v) is 4.62. The highest BCUT2D eigenvalue weighted by molar-refractivity contribution is 5.99. The van der Waals surface area contributed by atoms with Gasteiger partial charge in [-0.1, -0.05) is 0 Å². The maximum absolute atomic E-state index is 13.2. The summed E-state index contributed by atoms with van der Waals surface area (Å²) in [7, 11) is 0. The van der Waals surface area contributed by atoms with Gasteiger partial charge in [0.1, 0.15) is 11.5 Å². The number of ether oxygens (including phenoxy) is 1. The van der Waals surface area contributed by atoms with Crippen LogP contribution < -0.4 is 10.2 Å². The first-order valence-electron chi connectivity index (χ1n) is 9.20. The van der Waals surface area contributed by atoms with Crippen LogP contribution in [0.1, 0.15) is 23.2 Å². The van der Waals surface area contributed by atoms with E-state index in [-0.39, 0.29) is 16.9 Å². The van der Waals surface area contributed by atoms with Gasteiger partial charge in [-0.25, -0.2) is 9.18 Å². The minimum atomic E-state index is -0.950. The Kier molecular flexibility index (Phi) is 6.38. The lowest BCUT2D eigenvalue weighted by Crippen LogP contribution is -2.24. The van der Waals surface area contributed by atoms with E-state index < -0.39 is 39.8 Å². The summed E-state index contributed by atoms with van der Waals surface area (Å²) in [6.45, 7) is 0.551. The van der Waals surface area contributed by atoms with Crippen LogP contribution in [0.15, 0.2) is 36.4 Å². The van der Waals surface area contributed by atoms with Crippen molar-refractivity contribution in [3.63, 3.8) is 0 Å². The monoisotopic (exact) mass is 432 g/mol. The average molecular weight is 432 g/mol. The largest absolute Gasteiger partial charge is 0.452 e. The molecule has 0 unspecified atom stereocenters. The Balaban J connectivity index is 1.73. The standard InChI is InChI=1S/C19H17FN4O7/c20-12-3-5-15(17(9-12)24(29)30)21-18(25)11-31-19(26)14-10-13(23(27)28)4-6-16(14)22-7-1-2-8-22/h3-6,9-10H,1-2,7-8,11H2,(H,21,25). The van der Waals surface area contributed by atoms with E-state index in [4.69, 9.17) is 4.74 Å². The molecule has 1 saturated heterocycles. The van der Waals surface area contributed by atoms with Gasteiger partial charge in [0.2, 0.25) is 0 Å². The highest BCUT2D eigenvalue weighted by atomic mass is 19.1. The third kappa shape index (κ3) is 5.10. The van der Waals surface area contributed by atoms with Crippen LogP contribution in [-0.2, 0) is 9.53 Å². The molecule has 162 valence electrons. The summed E-state index contributed by atoms with van der Waals surface area (Å²) in [4.78, 5) is 47.1. The van der Waals surface area contributed by atoms with Crippen molar-refractivity contribution in [1.82, 2.24) is 0 Å². The van der Waals surface area contributed by atoms with Crippen LogP contribution in [0.5, 0.6) is 0 Å². The average Bonchev–Trinajstić information content (AvgIpc) is 3.27. The summed E-state index contributed by atoms with van der Waals surface area (Å²) >= 11 is 0. The zero-order valence-electron chi connectivity index (χ0n) is 16.1. The topological polar surface area (TPSA) is 145 Å². The lowest BCUT2D eigenvalue weighted by atomic mass is 10.1. The Labute approximate surface area is 174 Å². The third-order valence-electron chi connectivity index (χ3n) is 4.62. The molecule has 1 N–H and O–H groups in total. The van der Waals surface area contributed by atoms with E-state index in [2.05, 4.69) is 5.32 Å². The zero-order chi connectivity index (χ0) is 22.5. The lowest BCUT2D eigenvalue weighted by molar-refractivity contribution is -0.384. The van der Waals surface area contributed by atoms with Crippen molar-refractivity contribution in [3.8, 4) is 0 Å². The van der Waals surface area contributed by atoms with E-state index in [1.165, 1.54) is 12.1 Å². The summed E-state index contributed by atoms with van der Waals surface area (Å²) in [5, 5.41) is 24.3. The van der Waals surface area contributed by atoms with Gasteiger partial charge in [0, 0.05) is 25.2 Å². The Morgan fingerprint density at radius 3 is 2.42 bits per heavy atom. The number of benzene rings is 2. The van der Waals surface area contributed by atoms with E-state index in [0.717, 1.165) is 31.0 Å². The molecule has 3 rings (SSSR count). The number of carbonyl (C=O) groups excluding carboxylic acids is 2. The predicted octanol–water partition coefficient (Wildman–Crippen LogP) is 3.04. The molecule has 1 aliphatic rings. The van der Waals surface area contributed by atoms with Crippen molar-refractivity contribution in [2.45, 2.75) is 12.8 Å². The first-order chi connectivity index (χ1) is 14.8. The number of halogens is 1. The molecule has 31 heavy (non-hydrogen) atoms. The molecule has 1 amide bonds. The first-order valence-corrected chi connectivity index (χ1v) is 9.20. The van der Waals surface area contributed by atoms with Crippen LogP contribution in [-0.4, -0.2) is 41.4 Å². The molecule has 0 spiro atoms. The van der Waals surface area contributed by atoms with Gasteiger partial charge < -0.3 is 15.0 Å². The van der Waals surface area contributed by atoms with Crippen molar-refractivity contribution in [1.29, 1.82) is 0 Å². The van der Waals surface area contributed by atoms with E-state index in [1.54, 1.807) is 0 Å². The van der Waals surface area contributed by atoms with Gasteiger partial charge in [0.05, 0.1) is 27.2 Å². The van der Waals surface area contributed by atoms with E-state index in [9.17, 15) is 34.2 Å². The normalized spacial score (nSPS) is 13.0. The first kappa shape index (κ1) is 21.6. The van der Waals surface area contributed by atoms with Crippen LogP contribution in [0.4, 0.5) is 27.1 Å². The number of nitrogens with zero attached hydrogens (tertiary/aromatic N) is 3. The highest BCUT2D eigenvalue weighted by Crippen LogP contribution is 2.29. The summed E-state index contributed by atoms with van der Waals surface area (Å²) in [6.07, 6.45) is 1.81. The minimum absolute atomic E-state index is 0.0586. The number of hydrogen-bond acceptors (Lipinski definition) is 8. The van der Waals surface area contributed by atoms with E-state index in [1.807, 2.05) is 4.90 Å². The molecule has 0 aliphatic carbocycles. The Hall–Kier alpha value is -4.09. The Morgan fingerprint density at radius 1 is 1.06 bits per heavy atom. The fraction of sp³-hybridized carbons (Fsp3) is 0.263. The molecule has 12 heteroatoms. The summed E-state index contributed by atoms with van der Waals surface area (Å²) < 4.78 is 18.2. The summed E-state index contributed by atoms with van der Waals surface area (Å²) in [5.41, 5.74) is -0.823. The number of anilines is 2. The minimum Gasteiger partial charge on any atom is -0.452 e. The maximum Gasteiger partial charge on any atom is 0.341 e. The van der Waals surface area contributed by atoms with Gasteiger partial charge in [0.25, 0.3) is 17.3 Å². The molecule has 11 nitrogen and oxygen atoms in total. The second-order valence-electron chi connectivity index (χ2n) is 6.70. The van der Waals surface area contributed by atoms with Crippen LogP contribution >= 0.6 is 0 Å². The van der Waals surface area contributed by atoms with Crippen molar-refractivity contribution in [3.05, 3.63) is 68.0 Å². The van der Waals surface area contributed by atoms with Crippen molar-refractivity contribution in [2.75, 3.05) is 29.9 Å². The quantitative estimate of drug-likeness (QED) is 0.399. The van der Waals surface area contributed by atoms with Gasteiger partial charge in [-0.3, -0.25) is 25.0 Å². The van der Waals surface area contributed by atoms with Gasteiger partial charge in [0.15, 0.2) is 6.61 Å². The van der Waals surface area contributed by atoms with E-state index in [0.29, 0.717) is 24.8 Å². The number of rotatable bonds is 7. The maximum atomic E-state index is 13.2. The number of carbonyl (C=O) groups is 2. The van der Waals surface area contributed by atoms with Crippen molar-refractivity contribution >= 4 is 34.6 Å². The number of amides is 1. The molecule has 0 radical (unpaired) electrons. The molecule has 1 fully saturated rings. The number of non-ortho nitro benzene ring substituents is 1. The smallest absolute Gasteiger partial charge is 0.341 e. The molecular formula is C19H17FN4O7. The van der Waals surface area contributed by atoms with Gasteiger partial charge in [-0.2, -0.15) is 0 Å². The molecule has 1 heterocycles. The predicted molar refractivity (Wildman–Crippen MR) is 107 cm³/mol. The van der Waals surface area contributed by atoms with Crippen LogP contribution in [0.2, 0.25) is 0 Å². The number of nitrogens with one attached hydrogen (secondary N) is 1. The SMILES string of the molecule is O=C(COC(=O)c1cc([N+](=O)[O-])ccc1N1CCCC1)Nc1ccc(F)cc1[N+](=O)[O-].